The van der Waals surface area contributed by atoms with Gasteiger partial charge in [0.25, 0.3) is 5.91 Å². The van der Waals surface area contributed by atoms with Crippen LogP contribution in [0, 0.1) is 13.8 Å². The molecule has 0 bridgehead atoms. The Morgan fingerprint density at radius 2 is 1.68 bits per heavy atom. The summed E-state index contributed by atoms with van der Waals surface area (Å²) >= 11 is 0. The minimum atomic E-state index is -0.450. The average Bonchev–Trinajstić information content (AvgIpc) is 3.53. The van der Waals surface area contributed by atoms with Crippen molar-refractivity contribution in [2.75, 3.05) is 7.11 Å². The summed E-state index contributed by atoms with van der Waals surface area (Å²) in [5.74, 6) is 1.46. The number of H-pyrrole nitrogens is 1. The summed E-state index contributed by atoms with van der Waals surface area (Å²) in [6.45, 7) is 4.66. The number of aromatic amines is 1. The molecule has 0 aliphatic carbocycles. The number of phenols is 1. The highest BCUT2D eigenvalue weighted by Gasteiger charge is 2.42. The van der Waals surface area contributed by atoms with Gasteiger partial charge in [0.2, 0.25) is 0 Å². The van der Waals surface area contributed by atoms with E-state index in [1.807, 2.05) is 110 Å². The lowest BCUT2D eigenvalue weighted by molar-refractivity contribution is 0.0729. The zero-order valence-corrected chi connectivity index (χ0v) is 23.2. The predicted octanol–water partition coefficient (Wildman–Crippen LogP) is 6.73. The van der Waals surface area contributed by atoms with Gasteiger partial charge in [-0.15, -0.1) is 0 Å². The van der Waals surface area contributed by atoms with Gasteiger partial charge in [0.1, 0.15) is 35.2 Å². The Bertz CT molecular complexity index is 1710. The summed E-state index contributed by atoms with van der Waals surface area (Å²) in [7, 11) is 1.63. The number of carbonyl (C=O) groups excluding carboxylic acids is 1. The number of ether oxygens (including phenoxy) is 2. The number of phenolic OH excluding ortho intramolecular Hbond substituents is 1. The number of aromatic nitrogens is 2. The van der Waals surface area contributed by atoms with Crippen LogP contribution in [0.2, 0.25) is 0 Å². The molecule has 2 N–H and O–H groups in total. The van der Waals surface area contributed by atoms with Crippen molar-refractivity contribution in [2.24, 2.45) is 0 Å². The molecule has 0 saturated heterocycles. The van der Waals surface area contributed by atoms with Gasteiger partial charge in [-0.2, -0.15) is 5.10 Å². The third-order valence-electron chi connectivity index (χ3n) is 7.50. The molecule has 6 rings (SSSR count). The molecule has 1 aliphatic heterocycles. The SMILES string of the molecule is COc1ccc(CN2C(=O)c3[nH]nc(-c4cc(C)cc(C)c4O)c3C2c2cccc(OCc3ccccc3)c2)cc1. The zero-order chi connectivity index (χ0) is 28.5. The molecule has 7 heteroatoms. The molecule has 7 nitrogen and oxygen atoms in total. The summed E-state index contributed by atoms with van der Waals surface area (Å²) < 4.78 is 11.5. The van der Waals surface area contributed by atoms with Crippen molar-refractivity contribution < 1.29 is 19.4 Å². The maximum absolute atomic E-state index is 13.9. The summed E-state index contributed by atoms with van der Waals surface area (Å²) in [6, 6.07) is 28.9. The second-order valence-corrected chi connectivity index (χ2v) is 10.4. The van der Waals surface area contributed by atoms with Crippen LogP contribution < -0.4 is 9.47 Å². The number of aromatic hydroxyl groups is 1. The smallest absolute Gasteiger partial charge is 0.273 e. The zero-order valence-electron chi connectivity index (χ0n) is 23.2. The Morgan fingerprint density at radius 3 is 2.44 bits per heavy atom. The van der Waals surface area contributed by atoms with E-state index < -0.39 is 6.04 Å². The molecule has 0 fully saturated rings. The number of amides is 1. The van der Waals surface area contributed by atoms with Crippen molar-refractivity contribution in [3.8, 4) is 28.5 Å². The molecule has 4 aromatic carbocycles. The van der Waals surface area contributed by atoms with Crippen LogP contribution in [0.15, 0.2) is 91.0 Å². The Labute approximate surface area is 239 Å². The Hall–Kier alpha value is -5.04. The van der Waals surface area contributed by atoms with Gasteiger partial charge in [-0.05, 0) is 72.0 Å². The van der Waals surface area contributed by atoms with Crippen LogP contribution in [0.4, 0.5) is 0 Å². The van der Waals surface area contributed by atoms with Crippen molar-refractivity contribution in [3.63, 3.8) is 0 Å². The number of hydrogen-bond donors (Lipinski definition) is 2. The standard InChI is InChI=1S/C34H31N3O4/c1-21-16-22(2)33(38)28(17-21)30-29-31(36-35-30)34(39)37(19-23-12-14-26(40-3)15-13-23)32(29)25-10-7-11-27(18-25)41-20-24-8-5-4-6-9-24/h4-18,32,38H,19-20H2,1-3H3,(H,35,36). The fourth-order valence-corrected chi connectivity index (χ4v) is 5.50. The van der Waals surface area contributed by atoms with E-state index in [1.165, 1.54) is 0 Å². The number of carbonyl (C=O) groups is 1. The number of fused-ring (bicyclic) bond motifs is 1. The molecule has 5 aromatic rings. The van der Waals surface area contributed by atoms with Crippen LogP contribution in [-0.2, 0) is 13.2 Å². The van der Waals surface area contributed by atoms with Crippen molar-refractivity contribution in [1.29, 1.82) is 0 Å². The molecule has 0 spiro atoms. The Kier molecular flexibility index (Phi) is 6.93. The number of nitrogens with one attached hydrogen (secondary N) is 1. The van der Waals surface area contributed by atoms with Crippen LogP contribution in [0.25, 0.3) is 11.3 Å². The van der Waals surface area contributed by atoms with E-state index in [1.54, 1.807) is 7.11 Å². The highest BCUT2D eigenvalue weighted by molar-refractivity contribution is 6.00. The van der Waals surface area contributed by atoms with E-state index in [0.29, 0.717) is 35.9 Å². The maximum atomic E-state index is 13.9. The number of aryl methyl sites for hydroxylation is 2. The summed E-state index contributed by atoms with van der Waals surface area (Å²) in [5.41, 5.74) is 7.01. The lowest BCUT2D eigenvalue weighted by Crippen LogP contribution is -2.29. The molecule has 1 unspecified atom stereocenters. The van der Waals surface area contributed by atoms with Gasteiger partial charge in [0, 0.05) is 17.7 Å². The fraction of sp³-hybridized carbons (Fsp3) is 0.176. The molecule has 0 radical (unpaired) electrons. The first-order chi connectivity index (χ1) is 19.9. The number of rotatable bonds is 8. The van der Waals surface area contributed by atoms with Crippen molar-refractivity contribution in [2.45, 2.75) is 33.0 Å². The normalized spacial score (nSPS) is 14.3. The van der Waals surface area contributed by atoms with E-state index >= 15 is 0 Å². The number of nitrogens with zero attached hydrogens (tertiary/aromatic N) is 2. The fourth-order valence-electron chi connectivity index (χ4n) is 5.50. The van der Waals surface area contributed by atoms with Crippen molar-refractivity contribution >= 4 is 5.91 Å². The van der Waals surface area contributed by atoms with E-state index in [2.05, 4.69) is 10.2 Å². The van der Waals surface area contributed by atoms with Gasteiger partial charge >= 0.3 is 0 Å². The monoisotopic (exact) mass is 545 g/mol. The van der Waals surface area contributed by atoms with Gasteiger partial charge in [-0.1, -0.05) is 60.7 Å². The summed E-state index contributed by atoms with van der Waals surface area (Å²) in [5, 5.41) is 18.6. The first-order valence-corrected chi connectivity index (χ1v) is 13.5. The number of benzene rings is 4. The first-order valence-electron chi connectivity index (χ1n) is 13.5. The van der Waals surface area contributed by atoms with Crippen LogP contribution in [0.3, 0.4) is 0 Å². The molecule has 1 atom stereocenters. The molecule has 1 amide bonds. The third-order valence-corrected chi connectivity index (χ3v) is 7.50. The van der Waals surface area contributed by atoms with Crippen LogP contribution in [-0.4, -0.2) is 33.2 Å². The van der Waals surface area contributed by atoms with Gasteiger partial charge in [-0.3, -0.25) is 9.89 Å². The van der Waals surface area contributed by atoms with E-state index in [-0.39, 0.29) is 11.7 Å². The predicted molar refractivity (Wildman–Crippen MR) is 157 cm³/mol. The minimum Gasteiger partial charge on any atom is -0.507 e. The van der Waals surface area contributed by atoms with E-state index in [0.717, 1.165) is 39.1 Å². The van der Waals surface area contributed by atoms with Gasteiger partial charge in [0.05, 0.1) is 13.2 Å². The van der Waals surface area contributed by atoms with Crippen molar-refractivity contribution in [1.82, 2.24) is 15.1 Å². The third kappa shape index (κ3) is 5.02. The first kappa shape index (κ1) is 26.2. The van der Waals surface area contributed by atoms with Gasteiger partial charge in [0.15, 0.2) is 0 Å². The lowest BCUT2D eigenvalue weighted by Gasteiger charge is -2.27. The highest BCUT2D eigenvalue weighted by atomic mass is 16.5. The number of methoxy groups -OCH3 is 1. The van der Waals surface area contributed by atoms with Gasteiger partial charge < -0.3 is 19.5 Å². The van der Waals surface area contributed by atoms with Crippen LogP contribution >= 0.6 is 0 Å². The molecular formula is C34H31N3O4. The topological polar surface area (TPSA) is 87.7 Å². The van der Waals surface area contributed by atoms with Crippen molar-refractivity contribution in [3.05, 3.63) is 130 Å². The van der Waals surface area contributed by atoms with E-state index in [9.17, 15) is 9.90 Å². The second kappa shape index (κ2) is 10.8. The molecule has 1 aliphatic rings. The largest absolute Gasteiger partial charge is 0.507 e. The summed E-state index contributed by atoms with van der Waals surface area (Å²) in [4.78, 5) is 15.7. The quantitative estimate of drug-likeness (QED) is 0.226. The Morgan fingerprint density at radius 1 is 0.902 bits per heavy atom. The maximum Gasteiger partial charge on any atom is 0.273 e. The molecule has 1 aromatic heterocycles. The molecular weight excluding hydrogens is 514 g/mol. The van der Waals surface area contributed by atoms with Crippen LogP contribution in [0.1, 0.15) is 49.9 Å². The number of hydrogen-bond acceptors (Lipinski definition) is 5. The highest BCUT2D eigenvalue weighted by Crippen LogP contribution is 2.46. The molecule has 206 valence electrons. The van der Waals surface area contributed by atoms with Gasteiger partial charge in [-0.25, -0.2) is 0 Å². The minimum absolute atomic E-state index is 0.154. The van der Waals surface area contributed by atoms with E-state index in [4.69, 9.17) is 9.47 Å². The second-order valence-electron chi connectivity index (χ2n) is 10.4. The lowest BCUT2D eigenvalue weighted by atomic mass is 9.94. The Balaban J connectivity index is 1.43. The average molecular weight is 546 g/mol. The molecule has 2 heterocycles. The molecule has 0 saturated carbocycles. The molecule has 41 heavy (non-hydrogen) atoms. The summed E-state index contributed by atoms with van der Waals surface area (Å²) in [6.07, 6.45) is 0. The van der Waals surface area contributed by atoms with Crippen LogP contribution in [0.5, 0.6) is 17.2 Å².